The number of rotatable bonds is 4. The highest BCUT2D eigenvalue weighted by Crippen LogP contribution is 2.46. The average molecular weight is 367 g/mol. The summed E-state index contributed by atoms with van der Waals surface area (Å²) in [6.45, 7) is 4.09. The molecule has 3 aliphatic carbocycles. The summed E-state index contributed by atoms with van der Waals surface area (Å²) >= 11 is 0. The first-order chi connectivity index (χ1) is 12.5. The second kappa shape index (κ2) is 9.05. The van der Waals surface area contributed by atoms with E-state index in [4.69, 9.17) is 11.2 Å². The fraction of sp³-hybridized carbons (Fsp3) is 0.913. The van der Waals surface area contributed by atoms with Crippen LogP contribution in [-0.2, 0) is 4.74 Å². The van der Waals surface area contributed by atoms with Gasteiger partial charge in [0.1, 0.15) is 12.3 Å². The van der Waals surface area contributed by atoms with Crippen molar-refractivity contribution >= 4 is 0 Å². The largest absolute Gasteiger partial charge is 0.359 e. The van der Waals surface area contributed by atoms with Crippen molar-refractivity contribution in [2.45, 2.75) is 103 Å². The van der Waals surface area contributed by atoms with Gasteiger partial charge in [0.15, 0.2) is 6.17 Å². The number of ether oxygens (including phenoxy) is 1. The van der Waals surface area contributed by atoms with Crippen molar-refractivity contribution in [2.24, 2.45) is 29.6 Å². The maximum absolute atomic E-state index is 14.8. The number of hydrogen-bond donors (Lipinski definition) is 0. The Bertz CT molecular complexity index is 471. The third kappa shape index (κ3) is 4.61. The first-order valence-electron chi connectivity index (χ1n) is 10.9. The molecule has 0 N–H and O–H groups in total. The molecule has 0 aliphatic heterocycles. The van der Waals surface area contributed by atoms with Crippen LogP contribution in [-0.4, -0.2) is 24.6 Å². The van der Waals surface area contributed by atoms with Crippen LogP contribution >= 0.6 is 0 Å². The lowest BCUT2D eigenvalue weighted by atomic mass is 9.65. The minimum absolute atomic E-state index is 0.127. The van der Waals surface area contributed by atoms with Crippen LogP contribution in [0.4, 0.5) is 8.78 Å². The average Bonchev–Trinajstić information content (AvgIpc) is 2.66. The summed E-state index contributed by atoms with van der Waals surface area (Å²) in [4.78, 5) is 0. The summed E-state index contributed by atoms with van der Waals surface area (Å²) in [5.74, 6) is 5.29. The predicted molar refractivity (Wildman–Crippen MR) is 102 cm³/mol. The predicted octanol–water partition coefficient (Wildman–Crippen LogP) is 6.11. The molecular weight excluding hydrogens is 330 g/mol. The lowest BCUT2D eigenvalue weighted by Crippen LogP contribution is -2.46. The van der Waals surface area contributed by atoms with Gasteiger partial charge in [0, 0.05) is 0 Å². The van der Waals surface area contributed by atoms with Crippen molar-refractivity contribution in [3.63, 3.8) is 0 Å². The van der Waals surface area contributed by atoms with Crippen molar-refractivity contribution in [1.82, 2.24) is 0 Å². The lowest BCUT2D eigenvalue weighted by Gasteiger charge is -2.43. The molecule has 0 amide bonds. The van der Waals surface area contributed by atoms with Crippen molar-refractivity contribution in [1.29, 1.82) is 0 Å². The molecule has 0 aromatic carbocycles. The molecule has 0 aromatic heterocycles. The van der Waals surface area contributed by atoms with Crippen LogP contribution < -0.4 is 0 Å². The number of alkyl halides is 2. The molecule has 3 saturated carbocycles. The highest BCUT2D eigenvalue weighted by Gasteiger charge is 2.45. The van der Waals surface area contributed by atoms with E-state index >= 15 is 0 Å². The Morgan fingerprint density at radius 3 is 1.92 bits per heavy atom. The van der Waals surface area contributed by atoms with Crippen LogP contribution in [0.25, 0.3) is 0 Å². The molecule has 5 atom stereocenters. The lowest BCUT2D eigenvalue weighted by molar-refractivity contribution is -0.0981. The minimum atomic E-state index is -1.53. The van der Waals surface area contributed by atoms with E-state index in [-0.39, 0.29) is 5.92 Å². The molecule has 0 radical (unpaired) electrons. The Balaban J connectivity index is 1.48. The van der Waals surface area contributed by atoms with E-state index in [0.717, 1.165) is 37.0 Å². The van der Waals surface area contributed by atoms with Crippen molar-refractivity contribution in [3.8, 4) is 12.3 Å². The molecule has 3 heteroatoms. The second-order valence-corrected chi connectivity index (χ2v) is 9.31. The van der Waals surface area contributed by atoms with Crippen molar-refractivity contribution < 1.29 is 13.5 Å². The molecule has 0 aromatic rings. The van der Waals surface area contributed by atoms with Crippen molar-refractivity contribution in [3.05, 3.63) is 0 Å². The van der Waals surface area contributed by atoms with E-state index in [9.17, 15) is 8.78 Å². The molecule has 3 aliphatic rings. The van der Waals surface area contributed by atoms with Gasteiger partial charge in [0.05, 0.1) is 6.10 Å². The fourth-order valence-electron chi connectivity index (χ4n) is 5.86. The molecule has 3 rings (SSSR count). The molecule has 1 nitrogen and oxygen atoms in total. The summed E-state index contributed by atoms with van der Waals surface area (Å²) in [5.41, 5.74) is 0. The monoisotopic (exact) mass is 366 g/mol. The minimum Gasteiger partial charge on any atom is -0.359 e. The van der Waals surface area contributed by atoms with Gasteiger partial charge < -0.3 is 4.74 Å². The van der Waals surface area contributed by atoms with Gasteiger partial charge in [-0.2, -0.15) is 0 Å². The highest BCUT2D eigenvalue weighted by atomic mass is 19.2. The van der Waals surface area contributed by atoms with Crippen LogP contribution in [0.15, 0.2) is 0 Å². The van der Waals surface area contributed by atoms with Gasteiger partial charge in [-0.05, 0) is 87.9 Å². The zero-order valence-corrected chi connectivity index (χ0v) is 16.5. The van der Waals surface area contributed by atoms with E-state index in [1.54, 1.807) is 6.92 Å². The smallest absolute Gasteiger partial charge is 0.157 e. The van der Waals surface area contributed by atoms with Gasteiger partial charge in [-0.1, -0.05) is 25.7 Å². The third-order valence-corrected chi connectivity index (χ3v) is 7.62. The second-order valence-electron chi connectivity index (χ2n) is 9.31. The summed E-state index contributed by atoms with van der Waals surface area (Å²) in [6, 6.07) is 0. The molecular formula is C23H36F2O. The number of hydrogen-bond acceptors (Lipinski definition) is 1. The van der Waals surface area contributed by atoms with Gasteiger partial charge in [0.2, 0.25) is 0 Å². The highest BCUT2D eigenvalue weighted by molar-refractivity contribution is 4.97. The summed E-state index contributed by atoms with van der Waals surface area (Å²) in [7, 11) is 0. The quantitative estimate of drug-likeness (QED) is 0.545. The zero-order valence-electron chi connectivity index (χ0n) is 16.5. The molecule has 0 saturated heterocycles. The zero-order chi connectivity index (χ0) is 18.7. The van der Waals surface area contributed by atoms with Crippen molar-refractivity contribution in [2.75, 3.05) is 0 Å². The van der Waals surface area contributed by atoms with E-state index in [2.05, 4.69) is 12.8 Å². The molecule has 26 heavy (non-hydrogen) atoms. The number of terminal acetylenes is 1. The molecule has 0 heterocycles. The van der Waals surface area contributed by atoms with Gasteiger partial charge >= 0.3 is 0 Å². The van der Waals surface area contributed by atoms with Crippen LogP contribution in [0.2, 0.25) is 0 Å². The Hall–Kier alpha value is -0.620. The van der Waals surface area contributed by atoms with E-state index in [1.807, 2.05) is 0 Å². The maximum Gasteiger partial charge on any atom is 0.157 e. The maximum atomic E-state index is 14.8. The van der Waals surface area contributed by atoms with Gasteiger partial charge in [-0.25, -0.2) is 8.78 Å². The Kier molecular flexibility index (Phi) is 7.00. The number of halogens is 2. The summed E-state index contributed by atoms with van der Waals surface area (Å²) in [5, 5.41) is 0. The van der Waals surface area contributed by atoms with Gasteiger partial charge in [0.25, 0.3) is 0 Å². The SMILES string of the molecule is C#CC(C)OC1CCC(C2CCC(C3CCC(C)CC3)CC2)C(F)C1F. The first kappa shape index (κ1) is 20.1. The normalized spacial score (nSPS) is 45.7. The Morgan fingerprint density at radius 1 is 0.808 bits per heavy atom. The summed E-state index contributed by atoms with van der Waals surface area (Å²) < 4.78 is 34.9. The van der Waals surface area contributed by atoms with Crippen LogP contribution in [0.1, 0.15) is 78.1 Å². The molecule has 0 spiro atoms. The van der Waals surface area contributed by atoms with Crippen LogP contribution in [0.5, 0.6) is 0 Å². The van der Waals surface area contributed by atoms with E-state index in [1.165, 1.54) is 38.5 Å². The fourth-order valence-corrected chi connectivity index (χ4v) is 5.86. The standard InChI is InChI=1S/C23H36F2O/c1-4-16(3)26-21-14-13-20(22(24)23(21)25)19-11-9-18(10-12-19)17-7-5-15(2)6-8-17/h1,15-23H,5-14H2,2-3H3. The third-order valence-electron chi connectivity index (χ3n) is 7.62. The molecule has 3 fully saturated rings. The van der Waals surface area contributed by atoms with Crippen LogP contribution in [0.3, 0.4) is 0 Å². The Morgan fingerprint density at radius 2 is 1.35 bits per heavy atom. The van der Waals surface area contributed by atoms with E-state index < -0.39 is 24.6 Å². The molecule has 5 unspecified atom stereocenters. The Labute approximate surface area is 158 Å². The molecule has 0 bridgehead atoms. The van der Waals surface area contributed by atoms with E-state index in [0.29, 0.717) is 12.3 Å². The van der Waals surface area contributed by atoms with Crippen LogP contribution in [0, 0.1) is 41.9 Å². The topological polar surface area (TPSA) is 9.23 Å². The first-order valence-corrected chi connectivity index (χ1v) is 10.9. The molecule has 148 valence electrons. The van der Waals surface area contributed by atoms with Gasteiger partial charge in [-0.3, -0.25) is 0 Å². The summed E-state index contributed by atoms with van der Waals surface area (Å²) in [6.07, 6.45) is 12.7. The van der Waals surface area contributed by atoms with Gasteiger partial charge in [-0.15, -0.1) is 6.42 Å².